The zero-order chi connectivity index (χ0) is 22.3. The van der Waals surface area contributed by atoms with Gasteiger partial charge in [-0.05, 0) is 55.2 Å². The Labute approximate surface area is 193 Å². The van der Waals surface area contributed by atoms with Crippen LogP contribution in [0.4, 0.5) is 0 Å². The molecule has 4 aromatic rings. The highest BCUT2D eigenvalue weighted by molar-refractivity contribution is 6.30. The lowest BCUT2D eigenvalue weighted by Crippen LogP contribution is -2.25. The zero-order valence-electron chi connectivity index (χ0n) is 18.1. The van der Waals surface area contributed by atoms with Crippen molar-refractivity contribution in [1.29, 1.82) is 0 Å². The van der Waals surface area contributed by atoms with Crippen LogP contribution in [0.1, 0.15) is 23.1 Å². The molecule has 5 heteroatoms. The Morgan fingerprint density at radius 2 is 1.66 bits per heavy atom. The molecular formula is C27H26ClN3O. The highest BCUT2D eigenvalue weighted by Crippen LogP contribution is 2.25. The van der Waals surface area contributed by atoms with Crippen molar-refractivity contribution in [2.24, 2.45) is 0 Å². The molecule has 4 rings (SSSR count). The predicted octanol–water partition coefficient (Wildman–Crippen LogP) is 5.79. The lowest BCUT2D eigenvalue weighted by molar-refractivity contribution is -0.121. The fourth-order valence-corrected chi connectivity index (χ4v) is 3.72. The van der Waals surface area contributed by atoms with Gasteiger partial charge in [0, 0.05) is 29.7 Å². The lowest BCUT2D eigenvalue weighted by atomic mass is 10.0. The van der Waals surface area contributed by atoms with Gasteiger partial charge >= 0.3 is 0 Å². The summed E-state index contributed by atoms with van der Waals surface area (Å²) in [6, 6.07) is 26.1. The fourth-order valence-electron chi connectivity index (χ4n) is 3.59. The van der Waals surface area contributed by atoms with E-state index >= 15 is 0 Å². The summed E-state index contributed by atoms with van der Waals surface area (Å²) in [6.45, 7) is 2.68. The van der Waals surface area contributed by atoms with Crippen molar-refractivity contribution in [3.63, 3.8) is 0 Å². The van der Waals surface area contributed by atoms with E-state index in [1.807, 2.05) is 65.5 Å². The van der Waals surface area contributed by atoms with Crippen LogP contribution < -0.4 is 5.32 Å². The van der Waals surface area contributed by atoms with Gasteiger partial charge in [-0.1, -0.05) is 71.8 Å². The van der Waals surface area contributed by atoms with Crippen molar-refractivity contribution < 1.29 is 4.79 Å². The minimum atomic E-state index is 0.0429. The molecule has 162 valence electrons. The van der Waals surface area contributed by atoms with E-state index in [0.29, 0.717) is 19.4 Å². The van der Waals surface area contributed by atoms with Crippen molar-refractivity contribution in [3.05, 3.63) is 107 Å². The van der Waals surface area contributed by atoms with Crippen LogP contribution in [0.15, 0.2) is 85.1 Å². The van der Waals surface area contributed by atoms with Gasteiger partial charge in [0.2, 0.25) is 5.91 Å². The predicted molar refractivity (Wildman–Crippen MR) is 130 cm³/mol. The molecule has 0 atom stereocenters. The second-order valence-corrected chi connectivity index (χ2v) is 8.31. The van der Waals surface area contributed by atoms with Crippen molar-refractivity contribution in [2.45, 2.75) is 26.2 Å². The number of amides is 1. The Kier molecular flexibility index (Phi) is 7.03. The SMILES string of the molecule is Cc1ccc(-c2nn(-c3ccccc3)cc2CCC(=O)NCCc2ccc(Cl)cc2)cc1. The van der Waals surface area contributed by atoms with Gasteiger partial charge in [0.1, 0.15) is 0 Å². The van der Waals surface area contributed by atoms with Crippen LogP contribution >= 0.6 is 11.6 Å². The van der Waals surface area contributed by atoms with Gasteiger partial charge in [0.25, 0.3) is 0 Å². The molecule has 1 aromatic heterocycles. The molecular weight excluding hydrogens is 418 g/mol. The third-order valence-electron chi connectivity index (χ3n) is 5.41. The van der Waals surface area contributed by atoms with Crippen molar-refractivity contribution in [1.82, 2.24) is 15.1 Å². The molecule has 4 nitrogen and oxygen atoms in total. The summed E-state index contributed by atoms with van der Waals surface area (Å²) in [5, 5.41) is 8.58. The molecule has 0 aliphatic carbocycles. The number of nitrogens with zero attached hydrogens (tertiary/aromatic N) is 2. The minimum absolute atomic E-state index is 0.0429. The number of hydrogen-bond acceptors (Lipinski definition) is 2. The number of aryl methyl sites for hydroxylation is 2. The van der Waals surface area contributed by atoms with Gasteiger partial charge in [-0.3, -0.25) is 4.79 Å². The first-order valence-corrected chi connectivity index (χ1v) is 11.2. The quantitative estimate of drug-likeness (QED) is 0.374. The highest BCUT2D eigenvalue weighted by atomic mass is 35.5. The first kappa shape index (κ1) is 21.8. The molecule has 0 saturated heterocycles. The van der Waals surface area contributed by atoms with Crippen LogP contribution in [0.3, 0.4) is 0 Å². The molecule has 0 unspecified atom stereocenters. The van der Waals surface area contributed by atoms with E-state index in [0.717, 1.165) is 39.5 Å². The number of benzene rings is 3. The van der Waals surface area contributed by atoms with Gasteiger partial charge in [-0.25, -0.2) is 4.68 Å². The van der Waals surface area contributed by atoms with E-state index in [-0.39, 0.29) is 5.91 Å². The summed E-state index contributed by atoms with van der Waals surface area (Å²) in [4.78, 5) is 12.5. The van der Waals surface area contributed by atoms with Gasteiger partial charge < -0.3 is 5.32 Å². The largest absolute Gasteiger partial charge is 0.356 e. The Morgan fingerprint density at radius 3 is 2.38 bits per heavy atom. The van der Waals surface area contributed by atoms with E-state index in [2.05, 4.69) is 36.5 Å². The number of aromatic nitrogens is 2. The second kappa shape index (κ2) is 10.3. The van der Waals surface area contributed by atoms with E-state index in [9.17, 15) is 4.79 Å². The van der Waals surface area contributed by atoms with E-state index < -0.39 is 0 Å². The van der Waals surface area contributed by atoms with Crippen molar-refractivity contribution in [2.75, 3.05) is 6.54 Å². The Bertz CT molecular complexity index is 1170. The summed E-state index contributed by atoms with van der Waals surface area (Å²) >= 11 is 5.92. The molecule has 0 radical (unpaired) electrons. The number of para-hydroxylation sites is 1. The summed E-state index contributed by atoms with van der Waals surface area (Å²) in [5.41, 5.74) is 6.40. The maximum atomic E-state index is 12.5. The van der Waals surface area contributed by atoms with Crippen LogP contribution in [0, 0.1) is 6.92 Å². The number of rotatable bonds is 8. The number of nitrogens with one attached hydrogen (secondary N) is 1. The molecule has 0 saturated carbocycles. The van der Waals surface area contributed by atoms with Crippen LogP contribution in [0.25, 0.3) is 16.9 Å². The van der Waals surface area contributed by atoms with Crippen molar-refractivity contribution in [3.8, 4) is 16.9 Å². The van der Waals surface area contributed by atoms with E-state index in [4.69, 9.17) is 16.7 Å². The number of hydrogen-bond donors (Lipinski definition) is 1. The first-order chi connectivity index (χ1) is 15.6. The average Bonchev–Trinajstić information content (AvgIpc) is 3.24. The standard InChI is InChI=1S/C27H26ClN3O/c1-20-7-11-22(12-8-20)27-23(19-31(30-27)25-5-3-2-4-6-25)13-16-26(32)29-18-17-21-9-14-24(28)15-10-21/h2-12,14-15,19H,13,16-18H2,1H3,(H,29,32). The molecule has 0 spiro atoms. The topological polar surface area (TPSA) is 46.9 Å². The normalized spacial score (nSPS) is 10.8. The summed E-state index contributed by atoms with van der Waals surface area (Å²) < 4.78 is 1.89. The summed E-state index contributed by atoms with van der Waals surface area (Å²) in [6.07, 6.45) is 3.86. The highest BCUT2D eigenvalue weighted by Gasteiger charge is 2.14. The molecule has 1 amide bonds. The summed E-state index contributed by atoms with van der Waals surface area (Å²) in [5.74, 6) is 0.0429. The van der Waals surface area contributed by atoms with Crippen LogP contribution in [-0.4, -0.2) is 22.2 Å². The Morgan fingerprint density at radius 1 is 0.938 bits per heavy atom. The molecule has 1 heterocycles. The van der Waals surface area contributed by atoms with Crippen LogP contribution in [-0.2, 0) is 17.6 Å². The molecule has 32 heavy (non-hydrogen) atoms. The van der Waals surface area contributed by atoms with Gasteiger partial charge in [0.05, 0.1) is 11.4 Å². The Hall–Kier alpha value is -3.37. The van der Waals surface area contributed by atoms with Gasteiger partial charge in [0.15, 0.2) is 0 Å². The number of halogens is 1. The average molecular weight is 444 g/mol. The third kappa shape index (κ3) is 5.65. The second-order valence-electron chi connectivity index (χ2n) is 7.88. The van der Waals surface area contributed by atoms with E-state index in [1.54, 1.807) is 0 Å². The summed E-state index contributed by atoms with van der Waals surface area (Å²) in [7, 11) is 0. The number of carbonyl (C=O) groups excluding carboxylic acids is 1. The van der Waals surface area contributed by atoms with E-state index in [1.165, 1.54) is 5.56 Å². The molecule has 0 aliphatic rings. The van der Waals surface area contributed by atoms with Crippen LogP contribution in [0.2, 0.25) is 5.02 Å². The Balaban J connectivity index is 1.43. The molecule has 1 N–H and O–H groups in total. The molecule has 3 aromatic carbocycles. The van der Waals surface area contributed by atoms with Gasteiger partial charge in [-0.15, -0.1) is 0 Å². The molecule has 0 aliphatic heterocycles. The smallest absolute Gasteiger partial charge is 0.220 e. The number of carbonyl (C=O) groups is 1. The zero-order valence-corrected chi connectivity index (χ0v) is 18.8. The minimum Gasteiger partial charge on any atom is -0.356 e. The van der Waals surface area contributed by atoms with Crippen molar-refractivity contribution >= 4 is 17.5 Å². The molecule has 0 bridgehead atoms. The molecule has 0 fully saturated rings. The van der Waals surface area contributed by atoms with Crippen LogP contribution in [0.5, 0.6) is 0 Å². The fraction of sp³-hybridized carbons (Fsp3) is 0.185. The maximum absolute atomic E-state index is 12.5. The first-order valence-electron chi connectivity index (χ1n) is 10.8. The van der Waals surface area contributed by atoms with Gasteiger partial charge in [-0.2, -0.15) is 5.10 Å². The monoisotopic (exact) mass is 443 g/mol. The lowest BCUT2D eigenvalue weighted by Gasteiger charge is -2.06. The maximum Gasteiger partial charge on any atom is 0.220 e. The third-order valence-corrected chi connectivity index (χ3v) is 5.66.